The highest BCUT2D eigenvalue weighted by molar-refractivity contribution is 5.26. The van der Waals surface area contributed by atoms with Gasteiger partial charge in [-0.2, -0.15) is 0 Å². The third-order valence-corrected chi connectivity index (χ3v) is 1.47. The minimum atomic E-state index is 0.638. The fourth-order valence-corrected chi connectivity index (χ4v) is 0.906. The number of aromatic nitrogens is 2. The molecule has 0 fully saturated rings. The summed E-state index contributed by atoms with van der Waals surface area (Å²) in [5.41, 5.74) is 0.969. The molecule has 1 rings (SSSR count). The molecular weight excluding hydrogens is 162 g/mol. The summed E-state index contributed by atoms with van der Waals surface area (Å²) in [6.07, 6.45) is 6.09. The van der Waals surface area contributed by atoms with Crippen LogP contribution in [0.15, 0.2) is 37.6 Å². The molecule has 1 heterocycles. The second kappa shape index (κ2) is 5.09. The van der Waals surface area contributed by atoms with E-state index in [1.807, 2.05) is 12.1 Å². The van der Waals surface area contributed by atoms with Crippen molar-refractivity contribution in [3.8, 4) is 0 Å². The first-order valence-electron chi connectivity index (χ1n) is 4.14. The van der Waals surface area contributed by atoms with Gasteiger partial charge >= 0.3 is 0 Å². The quantitative estimate of drug-likeness (QED) is 0.693. The van der Waals surface area contributed by atoms with Gasteiger partial charge in [0.15, 0.2) is 0 Å². The van der Waals surface area contributed by atoms with Crippen LogP contribution < -0.4 is 5.32 Å². The van der Waals surface area contributed by atoms with Gasteiger partial charge in [-0.25, -0.2) is 9.97 Å². The molecule has 68 valence electrons. The van der Waals surface area contributed by atoms with Gasteiger partial charge in [-0.15, -0.1) is 13.2 Å². The Bertz CT molecular complexity index is 294. The highest BCUT2D eigenvalue weighted by Gasteiger charge is 1.95. The molecule has 0 atom stereocenters. The van der Waals surface area contributed by atoms with Crippen molar-refractivity contribution in [2.24, 2.45) is 0 Å². The number of nitrogens with one attached hydrogen (secondary N) is 1. The SMILES string of the molecule is C=CCNc1nccc(CC=C)n1. The van der Waals surface area contributed by atoms with Crippen molar-refractivity contribution in [2.75, 3.05) is 11.9 Å². The lowest BCUT2D eigenvalue weighted by Gasteiger charge is -2.01. The molecule has 3 heteroatoms. The van der Waals surface area contributed by atoms with E-state index in [4.69, 9.17) is 0 Å². The smallest absolute Gasteiger partial charge is 0.223 e. The zero-order valence-corrected chi connectivity index (χ0v) is 7.53. The monoisotopic (exact) mass is 175 g/mol. The van der Waals surface area contributed by atoms with Gasteiger partial charge in [-0.1, -0.05) is 12.2 Å². The van der Waals surface area contributed by atoms with Gasteiger partial charge in [0.05, 0.1) is 0 Å². The van der Waals surface area contributed by atoms with Crippen LogP contribution in [0, 0.1) is 0 Å². The van der Waals surface area contributed by atoms with Gasteiger partial charge in [0.25, 0.3) is 0 Å². The van der Waals surface area contributed by atoms with E-state index in [0.717, 1.165) is 12.1 Å². The molecule has 0 amide bonds. The van der Waals surface area contributed by atoms with Crippen LogP contribution in [-0.4, -0.2) is 16.5 Å². The van der Waals surface area contributed by atoms with Gasteiger partial charge in [0.1, 0.15) is 0 Å². The Morgan fingerprint density at radius 3 is 2.92 bits per heavy atom. The number of hydrogen-bond acceptors (Lipinski definition) is 3. The maximum absolute atomic E-state index is 4.26. The van der Waals surface area contributed by atoms with Crippen molar-refractivity contribution in [2.45, 2.75) is 6.42 Å². The average molecular weight is 175 g/mol. The number of anilines is 1. The van der Waals surface area contributed by atoms with E-state index in [9.17, 15) is 0 Å². The van der Waals surface area contributed by atoms with E-state index < -0.39 is 0 Å². The predicted molar refractivity (Wildman–Crippen MR) is 54.6 cm³/mol. The van der Waals surface area contributed by atoms with Crippen LogP contribution in [-0.2, 0) is 6.42 Å². The van der Waals surface area contributed by atoms with Crippen LogP contribution in [0.5, 0.6) is 0 Å². The molecule has 0 aromatic carbocycles. The molecule has 0 aliphatic rings. The van der Waals surface area contributed by atoms with Crippen LogP contribution >= 0.6 is 0 Å². The van der Waals surface area contributed by atoms with Gasteiger partial charge in [0.2, 0.25) is 5.95 Å². The lowest BCUT2D eigenvalue weighted by atomic mass is 10.3. The second-order valence-corrected chi connectivity index (χ2v) is 2.53. The summed E-state index contributed by atoms with van der Waals surface area (Å²) in [6, 6.07) is 1.88. The Labute approximate surface area is 78.2 Å². The zero-order valence-electron chi connectivity index (χ0n) is 7.53. The fourth-order valence-electron chi connectivity index (χ4n) is 0.906. The van der Waals surface area contributed by atoms with Gasteiger partial charge in [-0.3, -0.25) is 0 Å². The van der Waals surface area contributed by atoms with E-state index in [2.05, 4.69) is 28.4 Å². The lowest BCUT2D eigenvalue weighted by molar-refractivity contribution is 1.04. The maximum Gasteiger partial charge on any atom is 0.223 e. The first-order chi connectivity index (χ1) is 6.36. The maximum atomic E-state index is 4.26. The summed E-state index contributed by atoms with van der Waals surface area (Å²) in [4.78, 5) is 8.31. The van der Waals surface area contributed by atoms with E-state index in [1.165, 1.54) is 0 Å². The van der Waals surface area contributed by atoms with Crippen LogP contribution in [0.3, 0.4) is 0 Å². The molecule has 0 bridgehead atoms. The molecule has 1 aromatic rings. The third-order valence-electron chi connectivity index (χ3n) is 1.47. The molecule has 1 aromatic heterocycles. The highest BCUT2D eigenvalue weighted by atomic mass is 15.1. The van der Waals surface area contributed by atoms with Crippen LogP contribution in [0.25, 0.3) is 0 Å². The number of hydrogen-bond donors (Lipinski definition) is 1. The molecule has 0 saturated heterocycles. The molecular formula is C10H13N3. The Morgan fingerprint density at radius 1 is 1.38 bits per heavy atom. The molecule has 0 aliphatic carbocycles. The Morgan fingerprint density at radius 2 is 2.23 bits per heavy atom. The first kappa shape index (κ1) is 9.45. The summed E-state index contributed by atoms with van der Waals surface area (Å²) in [6.45, 7) is 7.93. The molecule has 3 nitrogen and oxygen atoms in total. The first-order valence-corrected chi connectivity index (χ1v) is 4.14. The van der Waals surface area contributed by atoms with Gasteiger partial charge in [0, 0.05) is 24.9 Å². The van der Waals surface area contributed by atoms with Crippen molar-refractivity contribution >= 4 is 5.95 Å². The fraction of sp³-hybridized carbons (Fsp3) is 0.200. The number of rotatable bonds is 5. The number of allylic oxidation sites excluding steroid dienone is 1. The summed E-state index contributed by atoms with van der Waals surface area (Å²) in [7, 11) is 0. The van der Waals surface area contributed by atoms with Crippen molar-refractivity contribution < 1.29 is 0 Å². The summed E-state index contributed by atoms with van der Waals surface area (Å²) in [5, 5.41) is 3.02. The van der Waals surface area contributed by atoms with Crippen molar-refractivity contribution in [1.29, 1.82) is 0 Å². The van der Waals surface area contributed by atoms with Crippen LogP contribution in [0.2, 0.25) is 0 Å². The van der Waals surface area contributed by atoms with Gasteiger partial charge in [-0.05, 0) is 6.07 Å². The summed E-state index contributed by atoms with van der Waals surface area (Å²) >= 11 is 0. The van der Waals surface area contributed by atoms with Crippen molar-refractivity contribution in [1.82, 2.24) is 9.97 Å². The molecule has 13 heavy (non-hydrogen) atoms. The lowest BCUT2D eigenvalue weighted by Crippen LogP contribution is -2.03. The van der Waals surface area contributed by atoms with Crippen molar-refractivity contribution in [3.05, 3.63) is 43.3 Å². The molecule has 0 saturated carbocycles. The minimum absolute atomic E-state index is 0.638. The highest BCUT2D eigenvalue weighted by Crippen LogP contribution is 2.00. The summed E-state index contributed by atoms with van der Waals surface area (Å²) in [5.74, 6) is 0.638. The van der Waals surface area contributed by atoms with E-state index in [-0.39, 0.29) is 0 Å². The normalized spacial score (nSPS) is 9.23. The Hall–Kier alpha value is -1.64. The molecule has 0 radical (unpaired) electrons. The second-order valence-electron chi connectivity index (χ2n) is 2.53. The Kier molecular flexibility index (Phi) is 3.70. The topological polar surface area (TPSA) is 37.8 Å². The standard InChI is InChI=1S/C10H13N3/c1-3-5-9-6-8-12-10(13-9)11-7-4-2/h3-4,6,8H,1-2,5,7H2,(H,11,12,13). The van der Waals surface area contributed by atoms with Gasteiger partial charge < -0.3 is 5.32 Å². The van der Waals surface area contributed by atoms with E-state index in [0.29, 0.717) is 12.5 Å². The Balaban J connectivity index is 2.66. The zero-order chi connectivity index (χ0) is 9.52. The molecule has 0 aliphatic heterocycles. The number of nitrogens with zero attached hydrogens (tertiary/aromatic N) is 2. The van der Waals surface area contributed by atoms with Crippen LogP contribution in [0.4, 0.5) is 5.95 Å². The molecule has 0 unspecified atom stereocenters. The van der Waals surface area contributed by atoms with E-state index >= 15 is 0 Å². The average Bonchev–Trinajstić information content (AvgIpc) is 2.16. The largest absolute Gasteiger partial charge is 0.351 e. The molecule has 1 N–H and O–H groups in total. The third kappa shape index (κ3) is 3.07. The minimum Gasteiger partial charge on any atom is -0.351 e. The molecule has 0 spiro atoms. The van der Waals surface area contributed by atoms with Crippen molar-refractivity contribution in [3.63, 3.8) is 0 Å². The van der Waals surface area contributed by atoms with Crippen LogP contribution in [0.1, 0.15) is 5.69 Å². The summed E-state index contributed by atoms with van der Waals surface area (Å²) < 4.78 is 0. The van der Waals surface area contributed by atoms with E-state index in [1.54, 1.807) is 12.3 Å². The predicted octanol–water partition coefficient (Wildman–Crippen LogP) is 1.80.